The molecule has 3 nitrogen and oxygen atoms in total. The summed E-state index contributed by atoms with van der Waals surface area (Å²) >= 11 is 0. The van der Waals surface area contributed by atoms with Gasteiger partial charge in [-0.25, -0.2) is 4.79 Å². The van der Waals surface area contributed by atoms with Crippen LogP contribution < -0.4 is 5.32 Å². The van der Waals surface area contributed by atoms with Crippen molar-refractivity contribution < 1.29 is 9.53 Å². The topological polar surface area (TPSA) is 38.3 Å². The Balaban J connectivity index is 2.30. The number of alkyl carbamates (subject to hydrolysis) is 1. The molecule has 96 valence electrons. The Morgan fingerprint density at radius 3 is 2.28 bits per heavy atom. The highest BCUT2D eigenvalue weighted by molar-refractivity contribution is 6.08. The summed E-state index contributed by atoms with van der Waals surface area (Å²) in [7, 11) is 5.52. The Morgan fingerprint density at radius 2 is 1.78 bits per heavy atom. The van der Waals surface area contributed by atoms with Gasteiger partial charge in [0, 0.05) is 6.54 Å². The average molecular weight is 245 g/mol. The molecule has 0 aliphatic rings. The third-order valence-electron chi connectivity index (χ3n) is 2.34. The molecule has 0 saturated carbocycles. The summed E-state index contributed by atoms with van der Waals surface area (Å²) in [4.78, 5) is 11.4. The van der Waals surface area contributed by atoms with Gasteiger partial charge in [0.05, 0.1) is 7.85 Å². The Bertz CT molecular complexity index is 382. The molecule has 0 spiro atoms. The van der Waals surface area contributed by atoms with Gasteiger partial charge in [0.2, 0.25) is 0 Å². The highest BCUT2D eigenvalue weighted by Gasteiger charge is 2.15. The maximum atomic E-state index is 11.4. The molecule has 0 aromatic heterocycles. The van der Waals surface area contributed by atoms with Crippen LogP contribution in [-0.4, -0.2) is 26.1 Å². The van der Waals surface area contributed by atoms with Crippen molar-refractivity contribution in [1.82, 2.24) is 5.32 Å². The molecule has 1 aromatic carbocycles. The van der Waals surface area contributed by atoms with Gasteiger partial charge < -0.3 is 10.1 Å². The summed E-state index contributed by atoms with van der Waals surface area (Å²) in [6.45, 7) is 6.10. The number of carbonyl (C=O) groups is 1. The second kappa shape index (κ2) is 6.48. The fourth-order valence-electron chi connectivity index (χ4n) is 1.47. The standard InChI is InChI=1S/C14H20BNO2/c1-14(2,3)18-13(17)16-9-8-11-4-6-12(10-15)7-5-11/h4-7H,8-10H2,1-3H3,(H,16,17). The monoisotopic (exact) mass is 245 g/mol. The van der Waals surface area contributed by atoms with Gasteiger partial charge in [-0.2, -0.15) is 0 Å². The highest BCUT2D eigenvalue weighted by Crippen LogP contribution is 2.07. The lowest BCUT2D eigenvalue weighted by molar-refractivity contribution is 0.0528. The molecule has 4 heteroatoms. The molecule has 1 aromatic rings. The number of hydrogen-bond donors (Lipinski definition) is 1. The van der Waals surface area contributed by atoms with Crippen molar-refractivity contribution in [1.29, 1.82) is 0 Å². The van der Waals surface area contributed by atoms with E-state index in [9.17, 15) is 4.79 Å². The van der Waals surface area contributed by atoms with Crippen molar-refractivity contribution in [2.75, 3.05) is 6.54 Å². The van der Waals surface area contributed by atoms with E-state index < -0.39 is 5.60 Å². The number of hydrogen-bond acceptors (Lipinski definition) is 2. The number of nitrogens with one attached hydrogen (secondary N) is 1. The van der Waals surface area contributed by atoms with Crippen LogP contribution in [0, 0.1) is 0 Å². The zero-order valence-corrected chi connectivity index (χ0v) is 11.3. The number of carbonyl (C=O) groups excluding carboxylic acids is 1. The first-order valence-electron chi connectivity index (χ1n) is 6.15. The maximum absolute atomic E-state index is 11.4. The van der Waals surface area contributed by atoms with Crippen molar-refractivity contribution in [2.24, 2.45) is 0 Å². The van der Waals surface area contributed by atoms with E-state index in [1.165, 1.54) is 5.56 Å². The lowest BCUT2D eigenvalue weighted by Crippen LogP contribution is -2.33. The SMILES string of the molecule is [B]Cc1ccc(CCNC(=O)OC(C)(C)C)cc1. The third-order valence-corrected chi connectivity index (χ3v) is 2.34. The number of amides is 1. The molecular formula is C14H20BNO2. The second-order valence-electron chi connectivity index (χ2n) is 5.20. The summed E-state index contributed by atoms with van der Waals surface area (Å²) in [5, 5.41) is 2.73. The number of ether oxygens (including phenoxy) is 1. The van der Waals surface area contributed by atoms with Crippen molar-refractivity contribution in [2.45, 2.75) is 39.1 Å². The van der Waals surface area contributed by atoms with E-state index in [-0.39, 0.29) is 6.09 Å². The minimum absolute atomic E-state index is 0.374. The first kappa shape index (κ1) is 14.6. The predicted molar refractivity (Wildman–Crippen MR) is 73.8 cm³/mol. The number of rotatable bonds is 4. The van der Waals surface area contributed by atoms with Gasteiger partial charge in [-0.05, 0) is 32.8 Å². The Kier molecular flexibility index (Phi) is 5.26. The van der Waals surface area contributed by atoms with Crippen LogP contribution in [0.25, 0.3) is 0 Å². The van der Waals surface area contributed by atoms with E-state index >= 15 is 0 Å². The summed E-state index contributed by atoms with van der Waals surface area (Å²) in [6, 6.07) is 8.06. The van der Waals surface area contributed by atoms with Crippen LogP contribution in [0.5, 0.6) is 0 Å². The molecule has 0 aliphatic heterocycles. The summed E-state index contributed by atoms with van der Waals surface area (Å²) < 4.78 is 5.15. The first-order chi connectivity index (χ1) is 8.40. The van der Waals surface area contributed by atoms with Crippen molar-refractivity contribution >= 4 is 13.9 Å². The maximum Gasteiger partial charge on any atom is 0.407 e. The van der Waals surface area contributed by atoms with E-state index in [2.05, 4.69) is 5.32 Å². The molecule has 0 atom stereocenters. The van der Waals surface area contributed by atoms with Crippen LogP contribution in [0.2, 0.25) is 0 Å². The number of benzene rings is 1. The molecule has 1 rings (SSSR count). The van der Waals surface area contributed by atoms with Gasteiger partial charge in [0.25, 0.3) is 0 Å². The lowest BCUT2D eigenvalue weighted by atomic mass is 9.96. The van der Waals surface area contributed by atoms with Gasteiger partial charge in [-0.3, -0.25) is 0 Å². The van der Waals surface area contributed by atoms with E-state index in [0.717, 1.165) is 12.0 Å². The molecule has 1 N–H and O–H groups in total. The molecule has 0 fully saturated rings. The van der Waals surface area contributed by atoms with E-state index in [1.54, 1.807) is 0 Å². The largest absolute Gasteiger partial charge is 0.444 e. The molecule has 0 saturated heterocycles. The fourth-order valence-corrected chi connectivity index (χ4v) is 1.47. The Labute approximate surface area is 110 Å². The Morgan fingerprint density at radius 1 is 1.22 bits per heavy atom. The van der Waals surface area contributed by atoms with Crippen LogP contribution in [-0.2, 0) is 17.5 Å². The normalized spacial score (nSPS) is 11.1. The van der Waals surface area contributed by atoms with Gasteiger partial charge in [-0.1, -0.05) is 36.1 Å². The summed E-state index contributed by atoms with van der Waals surface area (Å²) in [6.07, 6.45) is 0.960. The third kappa shape index (κ3) is 5.76. The highest BCUT2D eigenvalue weighted by atomic mass is 16.6. The van der Waals surface area contributed by atoms with Crippen LogP contribution in [0.1, 0.15) is 31.9 Å². The van der Waals surface area contributed by atoms with Crippen LogP contribution >= 0.6 is 0 Å². The average Bonchev–Trinajstić information content (AvgIpc) is 2.27. The molecular weight excluding hydrogens is 225 g/mol. The van der Waals surface area contributed by atoms with Gasteiger partial charge in [0.1, 0.15) is 5.60 Å². The Hall–Kier alpha value is -1.45. The molecule has 0 heterocycles. The second-order valence-corrected chi connectivity index (χ2v) is 5.20. The van der Waals surface area contributed by atoms with Crippen LogP contribution in [0.4, 0.5) is 4.79 Å². The van der Waals surface area contributed by atoms with Crippen LogP contribution in [0.3, 0.4) is 0 Å². The van der Waals surface area contributed by atoms with Crippen molar-refractivity contribution in [3.05, 3.63) is 35.4 Å². The predicted octanol–water partition coefficient (Wildman–Crippen LogP) is 2.42. The molecule has 0 aliphatic carbocycles. The minimum Gasteiger partial charge on any atom is -0.444 e. The van der Waals surface area contributed by atoms with Crippen LogP contribution in [0.15, 0.2) is 24.3 Å². The smallest absolute Gasteiger partial charge is 0.407 e. The van der Waals surface area contributed by atoms with E-state index in [0.29, 0.717) is 12.9 Å². The molecule has 1 amide bonds. The van der Waals surface area contributed by atoms with Gasteiger partial charge in [0.15, 0.2) is 0 Å². The van der Waals surface area contributed by atoms with E-state index in [4.69, 9.17) is 12.6 Å². The van der Waals surface area contributed by atoms with Crippen molar-refractivity contribution in [3.63, 3.8) is 0 Å². The molecule has 0 unspecified atom stereocenters. The lowest BCUT2D eigenvalue weighted by Gasteiger charge is -2.19. The zero-order chi connectivity index (χ0) is 13.6. The summed E-state index contributed by atoms with van der Waals surface area (Å²) in [5.41, 5.74) is 1.83. The quantitative estimate of drug-likeness (QED) is 0.827. The van der Waals surface area contributed by atoms with Gasteiger partial charge in [-0.15, -0.1) is 0 Å². The zero-order valence-electron chi connectivity index (χ0n) is 11.3. The molecule has 0 bridgehead atoms. The van der Waals surface area contributed by atoms with Gasteiger partial charge >= 0.3 is 6.09 Å². The first-order valence-corrected chi connectivity index (χ1v) is 6.15. The molecule has 2 radical (unpaired) electrons. The van der Waals surface area contributed by atoms with Crippen molar-refractivity contribution in [3.8, 4) is 0 Å². The minimum atomic E-state index is -0.452. The van der Waals surface area contributed by atoms with E-state index in [1.807, 2.05) is 45.0 Å². The summed E-state index contributed by atoms with van der Waals surface area (Å²) in [5.74, 6) is 0. The fraction of sp³-hybridized carbons (Fsp3) is 0.500. The molecule has 18 heavy (non-hydrogen) atoms.